The molecule has 3 aromatic rings. The molecular weight excluding hydrogens is 264 g/mol. The maximum absolute atomic E-state index is 6.04. The molecule has 1 aromatic carbocycles. The summed E-state index contributed by atoms with van der Waals surface area (Å²) in [5.74, 6) is 0. The van der Waals surface area contributed by atoms with Crippen LogP contribution in [0.1, 0.15) is 9.88 Å². The Labute approximate surface area is 113 Å². The Morgan fingerprint density at radius 1 is 1.39 bits per heavy atom. The molecule has 0 spiro atoms. The summed E-state index contributed by atoms with van der Waals surface area (Å²) < 4.78 is 1.13. The zero-order valence-electron chi connectivity index (χ0n) is 9.80. The number of aromatic nitrogens is 2. The van der Waals surface area contributed by atoms with Crippen LogP contribution in [0.4, 0.5) is 11.4 Å². The molecule has 0 aliphatic rings. The quantitative estimate of drug-likeness (QED) is 0.721. The highest BCUT2D eigenvalue weighted by Crippen LogP contribution is 2.30. The van der Waals surface area contributed by atoms with Crippen molar-refractivity contribution in [1.82, 2.24) is 9.97 Å². The average molecular weight is 276 g/mol. The van der Waals surface area contributed by atoms with Crippen LogP contribution >= 0.6 is 22.7 Å². The molecule has 4 nitrogen and oxygen atoms in total. The molecule has 0 radical (unpaired) electrons. The second-order valence-corrected chi connectivity index (χ2v) is 6.17. The van der Waals surface area contributed by atoms with Gasteiger partial charge in [0.15, 0.2) is 0 Å². The highest BCUT2D eigenvalue weighted by atomic mass is 32.1. The van der Waals surface area contributed by atoms with E-state index in [9.17, 15) is 0 Å². The summed E-state index contributed by atoms with van der Waals surface area (Å²) in [6.07, 6.45) is 1.86. The number of nitrogens with one attached hydrogen (secondary N) is 1. The van der Waals surface area contributed by atoms with Crippen LogP contribution in [0.25, 0.3) is 10.2 Å². The standard InChI is InChI=1S/C12H12N4S2/c1-7-16-11-3-10(9(13)2-12(11)18-7)15-5-8-4-14-6-17-8/h2-4,6,15H,5,13H2,1H3. The number of hydrogen-bond acceptors (Lipinski definition) is 6. The predicted molar refractivity (Wildman–Crippen MR) is 78.2 cm³/mol. The smallest absolute Gasteiger partial charge is 0.0907 e. The number of aryl methyl sites for hydroxylation is 1. The average Bonchev–Trinajstić information content (AvgIpc) is 2.94. The van der Waals surface area contributed by atoms with Gasteiger partial charge in [0.05, 0.1) is 38.7 Å². The van der Waals surface area contributed by atoms with Gasteiger partial charge in [-0.1, -0.05) is 0 Å². The van der Waals surface area contributed by atoms with Crippen molar-refractivity contribution >= 4 is 44.3 Å². The van der Waals surface area contributed by atoms with Crippen molar-refractivity contribution in [2.24, 2.45) is 0 Å². The number of rotatable bonds is 3. The lowest BCUT2D eigenvalue weighted by atomic mass is 10.2. The van der Waals surface area contributed by atoms with E-state index in [4.69, 9.17) is 5.73 Å². The van der Waals surface area contributed by atoms with Gasteiger partial charge in [-0.25, -0.2) is 4.98 Å². The minimum absolute atomic E-state index is 0.740. The van der Waals surface area contributed by atoms with E-state index in [0.29, 0.717) is 0 Å². The van der Waals surface area contributed by atoms with Gasteiger partial charge in [0.25, 0.3) is 0 Å². The van der Waals surface area contributed by atoms with Crippen molar-refractivity contribution in [3.8, 4) is 0 Å². The van der Waals surface area contributed by atoms with Crippen molar-refractivity contribution in [3.63, 3.8) is 0 Å². The number of hydrogen-bond donors (Lipinski definition) is 2. The number of nitrogen functional groups attached to an aromatic ring is 1. The Hall–Kier alpha value is -1.66. The molecule has 0 amide bonds. The molecule has 0 atom stereocenters. The van der Waals surface area contributed by atoms with Crippen molar-refractivity contribution in [2.45, 2.75) is 13.5 Å². The highest BCUT2D eigenvalue weighted by Gasteiger charge is 2.06. The first-order valence-electron chi connectivity index (χ1n) is 5.50. The van der Waals surface area contributed by atoms with Gasteiger partial charge in [-0.3, -0.25) is 4.98 Å². The molecule has 3 rings (SSSR count). The van der Waals surface area contributed by atoms with E-state index in [1.807, 2.05) is 30.8 Å². The Morgan fingerprint density at radius 2 is 2.28 bits per heavy atom. The first-order chi connectivity index (χ1) is 8.72. The first-order valence-corrected chi connectivity index (χ1v) is 7.20. The van der Waals surface area contributed by atoms with Crippen LogP contribution in [0, 0.1) is 6.92 Å². The van der Waals surface area contributed by atoms with Crippen LogP contribution in [0.3, 0.4) is 0 Å². The number of benzene rings is 1. The number of anilines is 2. The molecule has 6 heteroatoms. The topological polar surface area (TPSA) is 63.8 Å². The molecule has 0 aliphatic carbocycles. The third kappa shape index (κ3) is 2.16. The Bertz CT molecular complexity index is 673. The zero-order chi connectivity index (χ0) is 12.5. The number of fused-ring (bicyclic) bond motifs is 1. The Morgan fingerprint density at radius 3 is 3.06 bits per heavy atom. The number of nitrogens with zero attached hydrogens (tertiary/aromatic N) is 2. The van der Waals surface area contributed by atoms with E-state index in [2.05, 4.69) is 15.3 Å². The van der Waals surface area contributed by atoms with Crippen LogP contribution in [0.5, 0.6) is 0 Å². The molecule has 18 heavy (non-hydrogen) atoms. The minimum atomic E-state index is 0.740. The highest BCUT2D eigenvalue weighted by molar-refractivity contribution is 7.18. The summed E-state index contributed by atoms with van der Waals surface area (Å²) in [5, 5.41) is 4.39. The van der Waals surface area contributed by atoms with E-state index in [1.54, 1.807) is 22.7 Å². The number of nitrogens with two attached hydrogens (primary N) is 1. The largest absolute Gasteiger partial charge is 0.397 e. The molecule has 2 heterocycles. The van der Waals surface area contributed by atoms with Gasteiger partial charge < -0.3 is 11.1 Å². The number of thiazole rings is 2. The third-order valence-electron chi connectivity index (χ3n) is 2.60. The van der Waals surface area contributed by atoms with Crippen LogP contribution in [-0.4, -0.2) is 9.97 Å². The van der Waals surface area contributed by atoms with Gasteiger partial charge in [-0.2, -0.15) is 0 Å². The van der Waals surface area contributed by atoms with E-state index in [-0.39, 0.29) is 0 Å². The second-order valence-electron chi connectivity index (χ2n) is 3.96. The lowest BCUT2D eigenvalue weighted by molar-refractivity contribution is 1.18. The van der Waals surface area contributed by atoms with Crippen molar-refractivity contribution in [3.05, 3.63) is 33.7 Å². The lowest BCUT2D eigenvalue weighted by Crippen LogP contribution is -2.01. The second kappa shape index (κ2) is 4.55. The van der Waals surface area contributed by atoms with Crippen molar-refractivity contribution in [2.75, 3.05) is 11.1 Å². The molecule has 0 fully saturated rings. The van der Waals surface area contributed by atoms with Crippen molar-refractivity contribution in [1.29, 1.82) is 0 Å². The normalized spacial score (nSPS) is 10.9. The van der Waals surface area contributed by atoms with Crippen LogP contribution in [-0.2, 0) is 6.54 Å². The maximum Gasteiger partial charge on any atom is 0.0907 e. The van der Waals surface area contributed by atoms with Crippen LogP contribution in [0.2, 0.25) is 0 Å². The summed E-state index contributed by atoms with van der Waals surface area (Å²) in [4.78, 5) is 9.70. The van der Waals surface area contributed by atoms with Crippen molar-refractivity contribution < 1.29 is 0 Å². The molecule has 3 N–H and O–H groups in total. The Balaban J connectivity index is 1.88. The van der Waals surface area contributed by atoms with E-state index in [0.717, 1.165) is 33.1 Å². The molecule has 0 aliphatic heterocycles. The summed E-state index contributed by atoms with van der Waals surface area (Å²) in [7, 11) is 0. The minimum Gasteiger partial charge on any atom is -0.397 e. The van der Waals surface area contributed by atoms with Crippen LogP contribution < -0.4 is 11.1 Å². The summed E-state index contributed by atoms with van der Waals surface area (Å²) in [6.45, 7) is 2.74. The summed E-state index contributed by atoms with van der Waals surface area (Å²) in [5.41, 5.74) is 10.6. The fourth-order valence-corrected chi connectivity index (χ4v) is 3.16. The first kappa shape index (κ1) is 11.4. The zero-order valence-corrected chi connectivity index (χ0v) is 11.4. The van der Waals surface area contributed by atoms with E-state index < -0.39 is 0 Å². The Kier molecular flexibility index (Phi) is 2.89. The van der Waals surface area contributed by atoms with Gasteiger partial charge >= 0.3 is 0 Å². The molecule has 0 saturated heterocycles. The van der Waals surface area contributed by atoms with Gasteiger partial charge in [-0.05, 0) is 19.1 Å². The molecule has 0 saturated carbocycles. The van der Waals surface area contributed by atoms with Gasteiger partial charge in [0.2, 0.25) is 0 Å². The molecule has 0 unspecified atom stereocenters. The van der Waals surface area contributed by atoms with E-state index in [1.165, 1.54) is 4.88 Å². The summed E-state index contributed by atoms with van der Waals surface area (Å²) >= 11 is 3.29. The fraction of sp³-hybridized carbons (Fsp3) is 0.167. The van der Waals surface area contributed by atoms with Gasteiger partial charge in [0.1, 0.15) is 0 Å². The van der Waals surface area contributed by atoms with Gasteiger partial charge in [0, 0.05) is 11.1 Å². The predicted octanol–water partition coefficient (Wildman–Crippen LogP) is 3.26. The maximum atomic E-state index is 6.04. The lowest BCUT2D eigenvalue weighted by Gasteiger charge is -2.07. The monoisotopic (exact) mass is 276 g/mol. The molecular formula is C12H12N4S2. The van der Waals surface area contributed by atoms with Crippen LogP contribution in [0.15, 0.2) is 23.8 Å². The summed E-state index contributed by atoms with van der Waals surface area (Å²) in [6, 6.07) is 3.99. The molecule has 0 bridgehead atoms. The molecule has 2 aromatic heterocycles. The van der Waals surface area contributed by atoms with Gasteiger partial charge in [-0.15, -0.1) is 22.7 Å². The molecule has 92 valence electrons. The SMILES string of the molecule is Cc1nc2cc(NCc3cncs3)c(N)cc2s1. The fourth-order valence-electron chi connectivity index (χ4n) is 1.77. The third-order valence-corrected chi connectivity index (χ3v) is 4.32. The van der Waals surface area contributed by atoms with E-state index >= 15 is 0 Å².